The van der Waals surface area contributed by atoms with Gasteiger partial charge in [-0.15, -0.1) is 0 Å². The van der Waals surface area contributed by atoms with Crippen molar-refractivity contribution >= 4 is 25.8 Å². The number of carbonyl (C=O) groups is 1. The second kappa shape index (κ2) is 12.1. The summed E-state index contributed by atoms with van der Waals surface area (Å²) in [7, 11) is 4.55. The highest BCUT2D eigenvalue weighted by Crippen LogP contribution is 2.39. The van der Waals surface area contributed by atoms with Crippen molar-refractivity contribution < 1.29 is 23.4 Å². The van der Waals surface area contributed by atoms with Crippen molar-refractivity contribution in [2.24, 2.45) is 0 Å². The fourth-order valence-electron chi connectivity index (χ4n) is 3.61. The molecule has 0 saturated carbocycles. The molecule has 0 radical (unpaired) electrons. The molecule has 0 aliphatic carbocycles. The Kier molecular flexibility index (Phi) is 10.1. The van der Waals surface area contributed by atoms with Gasteiger partial charge in [0, 0.05) is 36.7 Å². The molecule has 2 rings (SSSR count). The Labute approximate surface area is 216 Å². The van der Waals surface area contributed by atoms with Crippen molar-refractivity contribution in [3.63, 3.8) is 0 Å². The van der Waals surface area contributed by atoms with Crippen LogP contribution in [0.1, 0.15) is 49.0 Å². The molecule has 194 valence electrons. The van der Waals surface area contributed by atoms with Crippen LogP contribution in [0.15, 0.2) is 36.4 Å². The van der Waals surface area contributed by atoms with E-state index in [-0.39, 0.29) is 16.9 Å². The van der Waals surface area contributed by atoms with E-state index >= 15 is 0 Å². The van der Waals surface area contributed by atoms with E-state index in [0.717, 1.165) is 12.0 Å². The topological polar surface area (TPSA) is 57.2 Å². The number of rotatable bonds is 11. The highest BCUT2D eigenvalue weighted by molar-refractivity contribution is 6.74. The number of hydrogen-bond donors (Lipinski definition) is 0. The van der Waals surface area contributed by atoms with Gasteiger partial charge in [0.2, 0.25) is 5.75 Å². The van der Waals surface area contributed by atoms with Gasteiger partial charge in [-0.05, 0) is 54.4 Å². The molecule has 1 unspecified atom stereocenters. The van der Waals surface area contributed by atoms with Gasteiger partial charge in [0.1, 0.15) is 0 Å². The molecule has 2 aromatic carbocycles. The Morgan fingerprint density at radius 2 is 1.54 bits per heavy atom. The van der Waals surface area contributed by atoms with E-state index in [0.29, 0.717) is 41.0 Å². The lowest BCUT2D eigenvalue weighted by molar-refractivity contribution is 0.0780. The van der Waals surface area contributed by atoms with Crippen molar-refractivity contribution in [1.29, 1.82) is 0 Å². The third kappa shape index (κ3) is 7.38. The summed E-state index contributed by atoms with van der Waals surface area (Å²) in [5.41, 5.74) is 1.59. The fourth-order valence-corrected chi connectivity index (χ4v) is 4.80. The molecule has 0 heterocycles. The molecule has 0 aromatic heterocycles. The Morgan fingerprint density at radius 1 is 1.00 bits per heavy atom. The van der Waals surface area contributed by atoms with Gasteiger partial charge in [0.25, 0.3) is 5.91 Å². The maximum Gasteiger partial charge on any atom is 0.253 e. The van der Waals surface area contributed by atoms with Crippen molar-refractivity contribution in [2.75, 3.05) is 41.5 Å². The predicted octanol–water partition coefficient (Wildman–Crippen LogP) is 6.63. The van der Waals surface area contributed by atoms with Crippen LogP contribution in [0, 0.1) is 0 Å². The van der Waals surface area contributed by atoms with E-state index in [2.05, 4.69) is 33.9 Å². The average molecular weight is 522 g/mol. The van der Waals surface area contributed by atoms with Crippen LogP contribution < -0.4 is 14.2 Å². The first-order chi connectivity index (χ1) is 16.3. The van der Waals surface area contributed by atoms with Crippen LogP contribution >= 0.6 is 11.6 Å². The number of hydrogen-bond acceptors (Lipinski definition) is 5. The first-order valence-corrected chi connectivity index (χ1v) is 15.1. The summed E-state index contributed by atoms with van der Waals surface area (Å²) in [5, 5.41) is 0.828. The van der Waals surface area contributed by atoms with Crippen molar-refractivity contribution in [3.8, 4) is 17.2 Å². The third-order valence-electron chi connectivity index (χ3n) is 6.83. The third-order valence-corrected chi connectivity index (χ3v) is 11.6. The highest BCUT2D eigenvalue weighted by Gasteiger charge is 2.37. The van der Waals surface area contributed by atoms with Gasteiger partial charge in [-0.3, -0.25) is 4.79 Å². The standard InChI is InChI=1S/C27H40ClNO5Si/c1-27(2,3)35(8,9)34-15-14-20(19-10-12-22(28)13-11-19)18-29(4)26(30)21-16-23(31-5)25(33-7)24(17-21)32-6/h10-13,16-17,20H,14-15,18H2,1-9H3. The van der Waals surface area contributed by atoms with Gasteiger partial charge < -0.3 is 23.5 Å². The second-order valence-corrected chi connectivity index (χ2v) is 15.5. The molecule has 35 heavy (non-hydrogen) atoms. The van der Waals surface area contributed by atoms with Crippen molar-refractivity contribution in [2.45, 2.75) is 51.2 Å². The van der Waals surface area contributed by atoms with Crippen LogP contribution in [0.25, 0.3) is 0 Å². The number of methoxy groups -OCH3 is 3. The number of halogens is 1. The first-order valence-electron chi connectivity index (χ1n) is 11.8. The number of likely N-dealkylation sites (N-methyl/N-ethyl adjacent to an activating group) is 1. The molecule has 0 saturated heterocycles. The molecule has 0 N–H and O–H groups in total. The molecule has 0 aliphatic heterocycles. The smallest absolute Gasteiger partial charge is 0.253 e. The Hall–Kier alpha value is -2.22. The van der Waals surface area contributed by atoms with E-state index < -0.39 is 8.32 Å². The Balaban J connectivity index is 2.25. The average Bonchev–Trinajstić information content (AvgIpc) is 2.81. The fraction of sp³-hybridized carbons (Fsp3) is 0.519. The number of nitrogens with zero attached hydrogens (tertiary/aromatic N) is 1. The van der Waals surface area contributed by atoms with Gasteiger partial charge in [0.05, 0.1) is 21.3 Å². The minimum absolute atomic E-state index is 0.0908. The normalized spacial score (nSPS) is 12.7. The van der Waals surface area contributed by atoms with E-state index in [1.165, 1.54) is 21.3 Å². The largest absolute Gasteiger partial charge is 0.493 e. The van der Waals surface area contributed by atoms with E-state index in [1.807, 2.05) is 31.3 Å². The van der Waals surface area contributed by atoms with E-state index in [1.54, 1.807) is 17.0 Å². The molecule has 0 fully saturated rings. The van der Waals surface area contributed by atoms with Crippen LogP contribution in [0.3, 0.4) is 0 Å². The lowest BCUT2D eigenvalue weighted by Gasteiger charge is -2.36. The maximum absolute atomic E-state index is 13.4. The Bertz CT molecular complexity index is 963. The molecule has 2 aromatic rings. The predicted molar refractivity (Wildman–Crippen MR) is 145 cm³/mol. The van der Waals surface area contributed by atoms with Crippen LogP contribution in [-0.4, -0.2) is 60.7 Å². The molecular formula is C27H40ClNO5Si. The van der Waals surface area contributed by atoms with Gasteiger partial charge in [-0.2, -0.15) is 0 Å². The monoisotopic (exact) mass is 521 g/mol. The van der Waals surface area contributed by atoms with Gasteiger partial charge in [-0.25, -0.2) is 0 Å². The molecule has 6 nitrogen and oxygen atoms in total. The van der Waals surface area contributed by atoms with Crippen LogP contribution in [0.5, 0.6) is 17.2 Å². The summed E-state index contributed by atoms with van der Waals surface area (Å²) >= 11 is 6.13. The van der Waals surface area contributed by atoms with E-state index in [4.69, 9.17) is 30.2 Å². The minimum atomic E-state index is -1.87. The summed E-state index contributed by atoms with van der Waals surface area (Å²) in [6.07, 6.45) is 0.793. The van der Waals surface area contributed by atoms with Gasteiger partial charge in [0.15, 0.2) is 19.8 Å². The summed E-state index contributed by atoms with van der Waals surface area (Å²) < 4.78 is 22.7. The molecular weight excluding hydrogens is 482 g/mol. The molecule has 1 amide bonds. The van der Waals surface area contributed by atoms with Crippen LogP contribution in [0.4, 0.5) is 0 Å². The quantitative estimate of drug-likeness (QED) is 0.310. The van der Waals surface area contributed by atoms with E-state index in [9.17, 15) is 4.79 Å². The molecule has 1 atom stereocenters. The summed E-state index contributed by atoms with van der Waals surface area (Å²) in [6, 6.07) is 11.2. The number of benzene rings is 2. The van der Waals surface area contributed by atoms with Crippen molar-refractivity contribution in [1.82, 2.24) is 4.90 Å². The number of carbonyl (C=O) groups excluding carboxylic acids is 1. The number of amides is 1. The van der Waals surface area contributed by atoms with Gasteiger partial charge >= 0.3 is 0 Å². The SMILES string of the molecule is COc1cc(C(=O)N(C)CC(CCO[Si](C)(C)C(C)(C)C)c2ccc(Cl)cc2)cc(OC)c1OC. The number of ether oxygens (including phenoxy) is 3. The second-order valence-electron chi connectivity index (χ2n) is 10.2. The lowest BCUT2D eigenvalue weighted by Crippen LogP contribution is -2.41. The lowest BCUT2D eigenvalue weighted by atomic mass is 9.95. The summed E-state index contributed by atoms with van der Waals surface area (Å²) in [4.78, 5) is 15.1. The van der Waals surface area contributed by atoms with Crippen molar-refractivity contribution in [3.05, 3.63) is 52.5 Å². The zero-order valence-corrected chi connectivity index (χ0v) is 24.3. The van der Waals surface area contributed by atoms with Crippen LogP contribution in [-0.2, 0) is 4.43 Å². The molecule has 0 aliphatic rings. The maximum atomic E-state index is 13.4. The first kappa shape index (κ1) is 29.0. The highest BCUT2D eigenvalue weighted by atomic mass is 35.5. The molecule has 0 bridgehead atoms. The van der Waals surface area contributed by atoms with Crippen LogP contribution in [0.2, 0.25) is 23.2 Å². The summed E-state index contributed by atoms with van der Waals surface area (Å²) in [5.74, 6) is 1.30. The molecule has 0 spiro atoms. The Morgan fingerprint density at radius 3 is 2.00 bits per heavy atom. The zero-order chi connectivity index (χ0) is 26.4. The molecule has 8 heteroatoms. The zero-order valence-electron chi connectivity index (χ0n) is 22.5. The summed E-state index contributed by atoms with van der Waals surface area (Å²) in [6.45, 7) is 12.4. The van der Waals surface area contributed by atoms with Gasteiger partial charge in [-0.1, -0.05) is 44.5 Å². The minimum Gasteiger partial charge on any atom is -0.493 e.